The van der Waals surface area contributed by atoms with E-state index in [9.17, 15) is 16.8 Å². The highest BCUT2D eigenvalue weighted by Crippen LogP contribution is 2.24. The Morgan fingerprint density at radius 1 is 0.611 bits per heavy atom. The maximum atomic E-state index is 12.8. The third-order valence-corrected chi connectivity index (χ3v) is 8.52. The van der Waals surface area contributed by atoms with Crippen molar-refractivity contribution in [1.29, 1.82) is 0 Å². The third kappa shape index (κ3) is 6.39. The van der Waals surface area contributed by atoms with E-state index in [0.717, 1.165) is 27.5 Å². The lowest BCUT2D eigenvalue weighted by molar-refractivity contribution is 0.184. The van der Waals surface area contributed by atoms with Crippen molar-refractivity contribution in [3.05, 3.63) is 108 Å². The van der Waals surface area contributed by atoms with Gasteiger partial charge in [0.25, 0.3) is 20.2 Å². The Kier molecular flexibility index (Phi) is 7.90. The fraction of sp³-hybridized carbons (Fsp3) is 0.214. The van der Waals surface area contributed by atoms with Crippen LogP contribution < -0.4 is 0 Å². The molecule has 0 unspecified atom stereocenters. The van der Waals surface area contributed by atoms with Crippen molar-refractivity contribution in [3.8, 4) is 0 Å². The predicted octanol–water partition coefficient (Wildman–Crippen LogP) is 5.43. The van der Waals surface area contributed by atoms with Crippen molar-refractivity contribution in [2.24, 2.45) is 5.92 Å². The molecule has 0 aliphatic rings. The van der Waals surface area contributed by atoms with Gasteiger partial charge in [-0.25, -0.2) is 0 Å². The minimum atomic E-state index is -4.02. The Hall–Kier alpha value is -3.04. The Morgan fingerprint density at radius 2 is 1.08 bits per heavy atom. The minimum Gasteiger partial charge on any atom is -0.266 e. The highest BCUT2D eigenvalue weighted by atomic mass is 32.2. The Morgan fingerprint density at radius 3 is 1.61 bits per heavy atom. The Bertz CT molecular complexity index is 1460. The summed E-state index contributed by atoms with van der Waals surface area (Å²) >= 11 is 0. The zero-order valence-electron chi connectivity index (χ0n) is 20.1. The average molecular weight is 525 g/mol. The summed E-state index contributed by atoms with van der Waals surface area (Å²) in [7, 11) is -8.05. The maximum Gasteiger partial charge on any atom is 0.296 e. The van der Waals surface area contributed by atoms with Crippen LogP contribution in [-0.2, 0) is 35.0 Å². The molecule has 8 heteroatoms. The van der Waals surface area contributed by atoms with Gasteiger partial charge in [-0.1, -0.05) is 77.9 Å². The van der Waals surface area contributed by atoms with Crippen molar-refractivity contribution in [2.45, 2.75) is 30.1 Å². The molecular weight excluding hydrogens is 496 g/mol. The van der Waals surface area contributed by atoms with Crippen LogP contribution >= 0.6 is 0 Å². The summed E-state index contributed by atoms with van der Waals surface area (Å²) in [5.41, 5.74) is 2.81. The summed E-state index contributed by atoms with van der Waals surface area (Å²) in [5, 5.41) is 2.04. The highest BCUT2D eigenvalue weighted by molar-refractivity contribution is 7.87. The molecule has 0 saturated heterocycles. The molecule has 0 amide bonds. The quantitative estimate of drug-likeness (QED) is 0.257. The second-order valence-corrected chi connectivity index (χ2v) is 12.0. The smallest absolute Gasteiger partial charge is 0.266 e. The van der Waals surface area contributed by atoms with Crippen molar-refractivity contribution >= 4 is 31.0 Å². The zero-order valence-corrected chi connectivity index (χ0v) is 21.8. The lowest BCUT2D eigenvalue weighted by Crippen LogP contribution is -2.23. The van der Waals surface area contributed by atoms with Crippen LogP contribution in [0.3, 0.4) is 0 Å². The summed E-state index contributed by atoms with van der Waals surface area (Å²) in [6.07, 6.45) is 0.369. The van der Waals surface area contributed by atoms with Crippen LogP contribution in [-0.4, -0.2) is 30.0 Å². The second-order valence-electron chi connectivity index (χ2n) is 8.81. The molecule has 0 spiro atoms. The summed E-state index contributed by atoms with van der Waals surface area (Å²) in [4.78, 5) is 0.0930. The van der Waals surface area contributed by atoms with Gasteiger partial charge in [0.1, 0.15) is 0 Å². The summed E-state index contributed by atoms with van der Waals surface area (Å²) in [6, 6.07) is 26.4. The van der Waals surface area contributed by atoms with Crippen molar-refractivity contribution in [1.82, 2.24) is 0 Å². The van der Waals surface area contributed by atoms with E-state index in [0.29, 0.717) is 6.42 Å². The van der Waals surface area contributed by atoms with E-state index < -0.39 is 26.2 Å². The van der Waals surface area contributed by atoms with Gasteiger partial charge < -0.3 is 0 Å². The maximum absolute atomic E-state index is 12.8. The van der Waals surface area contributed by atoms with Crippen LogP contribution in [0.4, 0.5) is 0 Å². The molecule has 188 valence electrons. The first kappa shape index (κ1) is 26.0. The van der Waals surface area contributed by atoms with Gasteiger partial charge in [-0.2, -0.15) is 16.8 Å². The Balaban J connectivity index is 1.56. The predicted molar refractivity (Wildman–Crippen MR) is 140 cm³/mol. The van der Waals surface area contributed by atoms with Gasteiger partial charge in [-0.15, -0.1) is 0 Å². The summed E-state index contributed by atoms with van der Waals surface area (Å²) in [6.45, 7) is 3.26. The molecule has 6 nitrogen and oxygen atoms in total. The molecule has 4 aromatic rings. The fourth-order valence-electron chi connectivity index (χ4n) is 3.87. The van der Waals surface area contributed by atoms with Gasteiger partial charge >= 0.3 is 0 Å². The number of hydrogen-bond acceptors (Lipinski definition) is 6. The van der Waals surface area contributed by atoms with Gasteiger partial charge in [0.2, 0.25) is 0 Å². The topological polar surface area (TPSA) is 86.7 Å². The van der Waals surface area contributed by atoms with Crippen LogP contribution in [0.5, 0.6) is 0 Å². The van der Waals surface area contributed by atoms with Crippen LogP contribution in [0.1, 0.15) is 16.7 Å². The molecule has 4 rings (SSSR count). The molecule has 4 aromatic carbocycles. The van der Waals surface area contributed by atoms with Gasteiger partial charge in [0.05, 0.1) is 23.0 Å². The van der Waals surface area contributed by atoms with E-state index in [2.05, 4.69) is 0 Å². The SMILES string of the molecule is Cc1ccc(S(=O)(=O)OCC(COS(=O)(=O)c2ccc(C)cc2)Cc2cccc3ccccc23)cc1. The van der Waals surface area contributed by atoms with Crippen molar-refractivity contribution in [2.75, 3.05) is 13.2 Å². The number of aryl methyl sites for hydroxylation is 2. The third-order valence-electron chi connectivity index (χ3n) is 5.93. The average Bonchev–Trinajstić information content (AvgIpc) is 2.86. The van der Waals surface area contributed by atoms with E-state index in [1.54, 1.807) is 24.3 Å². The summed E-state index contributed by atoms with van der Waals surface area (Å²) in [5.74, 6) is -0.545. The van der Waals surface area contributed by atoms with E-state index in [4.69, 9.17) is 8.37 Å². The lowest BCUT2D eigenvalue weighted by Gasteiger charge is -2.18. The molecule has 0 aromatic heterocycles. The normalized spacial score (nSPS) is 12.3. The molecule has 0 saturated carbocycles. The molecule has 0 N–H and O–H groups in total. The largest absolute Gasteiger partial charge is 0.296 e. The van der Waals surface area contributed by atoms with E-state index >= 15 is 0 Å². The van der Waals surface area contributed by atoms with Crippen LogP contribution in [0.2, 0.25) is 0 Å². The highest BCUT2D eigenvalue weighted by Gasteiger charge is 2.23. The number of fused-ring (bicyclic) bond motifs is 1. The Labute approximate surface area is 212 Å². The van der Waals surface area contributed by atoms with E-state index in [1.165, 1.54) is 24.3 Å². The summed E-state index contributed by atoms with van der Waals surface area (Å²) < 4.78 is 61.9. The van der Waals surface area contributed by atoms with E-state index in [-0.39, 0.29) is 23.0 Å². The van der Waals surface area contributed by atoms with Gasteiger partial charge in [-0.3, -0.25) is 8.37 Å². The standard InChI is InChI=1S/C28H28O6S2/c1-21-10-14-26(15-11-21)35(29,30)33-19-23(18-25-8-5-7-24-6-3-4-9-28(24)25)20-34-36(31,32)27-16-12-22(2)13-17-27/h3-17,23H,18-20H2,1-2H3. The monoisotopic (exact) mass is 524 g/mol. The first-order valence-electron chi connectivity index (χ1n) is 11.5. The van der Waals surface area contributed by atoms with Crippen molar-refractivity contribution < 1.29 is 25.2 Å². The number of hydrogen-bond donors (Lipinski definition) is 0. The first-order valence-corrected chi connectivity index (χ1v) is 14.3. The van der Waals surface area contributed by atoms with Gasteiger partial charge in [-0.05, 0) is 60.9 Å². The molecule has 36 heavy (non-hydrogen) atoms. The number of benzene rings is 4. The second kappa shape index (κ2) is 10.9. The molecule has 0 atom stereocenters. The molecule has 0 aliphatic heterocycles. The minimum absolute atomic E-state index is 0.0465. The molecular formula is C28H28O6S2. The lowest BCUT2D eigenvalue weighted by atomic mass is 9.96. The molecule has 0 bridgehead atoms. The molecule has 0 radical (unpaired) electrons. The van der Waals surface area contributed by atoms with Crippen molar-refractivity contribution in [3.63, 3.8) is 0 Å². The molecule has 0 heterocycles. The van der Waals surface area contributed by atoms with Gasteiger partial charge in [0, 0.05) is 5.92 Å². The molecule has 0 aliphatic carbocycles. The first-order chi connectivity index (χ1) is 17.1. The van der Waals surface area contributed by atoms with Crippen LogP contribution in [0.15, 0.2) is 101 Å². The van der Waals surface area contributed by atoms with Crippen LogP contribution in [0, 0.1) is 19.8 Å². The van der Waals surface area contributed by atoms with Crippen LogP contribution in [0.25, 0.3) is 10.8 Å². The van der Waals surface area contributed by atoms with Gasteiger partial charge in [0.15, 0.2) is 0 Å². The van der Waals surface area contributed by atoms with E-state index in [1.807, 2.05) is 56.3 Å². The number of rotatable bonds is 10. The fourth-order valence-corrected chi connectivity index (χ4v) is 5.82. The zero-order chi connectivity index (χ0) is 25.8. The molecule has 0 fully saturated rings.